The lowest BCUT2D eigenvalue weighted by Crippen LogP contribution is -2.14. The van der Waals surface area contributed by atoms with Gasteiger partial charge >= 0.3 is 0 Å². The van der Waals surface area contributed by atoms with Gasteiger partial charge in [-0.25, -0.2) is 0 Å². The van der Waals surface area contributed by atoms with Gasteiger partial charge in [0.1, 0.15) is 6.33 Å². The van der Waals surface area contributed by atoms with Gasteiger partial charge in [0.25, 0.3) is 5.91 Å². The molecular weight excluding hydrogens is 350 g/mol. The summed E-state index contributed by atoms with van der Waals surface area (Å²) in [5.74, 6) is -0.139. The van der Waals surface area contributed by atoms with E-state index < -0.39 is 0 Å². The van der Waals surface area contributed by atoms with E-state index in [2.05, 4.69) is 41.4 Å². The Morgan fingerprint density at radius 2 is 1.79 bits per heavy atom. The first-order chi connectivity index (χ1) is 13.4. The lowest BCUT2D eigenvalue weighted by molar-refractivity contribution is 0.102. The Bertz CT molecular complexity index is 1140. The van der Waals surface area contributed by atoms with Crippen molar-refractivity contribution in [3.05, 3.63) is 78.1 Å². The van der Waals surface area contributed by atoms with Gasteiger partial charge in [0.15, 0.2) is 5.65 Å². The van der Waals surface area contributed by atoms with Crippen LogP contribution in [-0.4, -0.2) is 25.7 Å². The first-order valence-electron chi connectivity index (χ1n) is 9.09. The number of hydrogen-bond donors (Lipinski definition) is 1. The summed E-state index contributed by atoms with van der Waals surface area (Å²) in [5, 5.41) is 15.3. The van der Waals surface area contributed by atoms with Gasteiger partial charge in [0.2, 0.25) is 0 Å². The van der Waals surface area contributed by atoms with Crippen LogP contribution in [0, 0.1) is 0 Å². The van der Waals surface area contributed by atoms with Crippen LogP contribution in [0.5, 0.6) is 0 Å². The van der Waals surface area contributed by atoms with E-state index in [1.54, 1.807) is 10.8 Å². The van der Waals surface area contributed by atoms with Crippen LogP contribution in [0.2, 0.25) is 0 Å². The normalized spacial score (nSPS) is 11.5. The Hall–Kier alpha value is -3.54. The molecule has 28 heavy (non-hydrogen) atoms. The van der Waals surface area contributed by atoms with Crippen LogP contribution in [0.25, 0.3) is 16.9 Å². The summed E-state index contributed by atoms with van der Waals surface area (Å²) in [6, 6.07) is 19.1. The third-order valence-corrected chi connectivity index (χ3v) is 4.59. The molecule has 0 bridgehead atoms. The van der Waals surface area contributed by atoms with Crippen molar-refractivity contribution in [1.29, 1.82) is 0 Å². The Kier molecular flexibility index (Phi) is 4.39. The quantitative estimate of drug-likeness (QED) is 0.581. The molecule has 0 spiro atoms. The number of carbonyl (C=O) groups is 1. The molecule has 6 nitrogen and oxygen atoms in total. The van der Waals surface area contributed by atoms with E-state index in [4.69, 9.17) is 0 Å². The average Bonchev–Trinajstić information content (AvgIpc) is 3.15. The number of benzene rings is 2. The van der Waals surface area contributed by atoms with Crippen molar-refractivity contribution in [2.45, 2.75) is 26.2 Å². The monoisotopic (exact) mass is 371 g/mol. The van der Waals surface area contributed by atoms with Gasteiger partial charge in [0, 0.05) is 16.8 Å². The molecule has 0 radical (unpaired) electrons. The molecule has 2 aromatic carbocycles. The minimum Gasteiger partial charge on any atom is -0.322 e. The maximum absolute atomic E-state index is 12.6. The van der Waals surface area contributed by atoms with Gasteiger partial charge in [-0.15, -0.1) is 10.2 Å². The van der Waals surface area contributed by atoms with Crippen LogP contribution >= 0.6 is 0 Å². The number of hydrogen-bond acceptors (Lipinski definition) is 4. The first kappa shape index (κ1) is 17.9. The number of aromatic nitrogens is 4. The van der Waals surface area contributed by atoms with E-state index in [1.807, 2.05) is 60.7 Å². The third-order valence-electron chi connectivity index (χ3n) is 4.59. The van der Waals surface area contributed by atoms with Crippen LogP contribution in [-0.2, 0) is 5.41 Å². The fourth-order valence-electron chi connectivity index (χ4n) is 2.96. The number of nitrogens with one attached hydrogen (secondary N) is 1. The predicted octanol–water partition coefficient (Wildman–Crippen LogP) is 4.34. The van der Waals surface area contributed by atoms with Gasteiger partial charge in [-0.3, -0.25) is 4.79 Å². The van der Waals surface area contributed by atoms with Gasteiger partial charge in [0.05, 0.1) is 5.69 Å². The molecule has 0 fully saturated rings. The summed E-state index contributed by atoms with van der Waals surface area (Å²) in [6.45, 7) is 6.45. The maximum atomic E-state index is 12.6. The van der Waals surface area contributed by atoms with E-state index in [-0.39, 0.29) is 11.3 Å². The molecule has 1 amide bonds. The lowest BCUT2D eigenvalue weighted by atomic mass is 9.87. The molecule has 0 saturated carbocycles. The second-order valence-electron chi connectivity index (χ2n) is 7.71. The molecule has 6 heteroatoms. The molecule has 2 aromatic heterocycles. The largest absolute Gasteiger partial charge is 0.322 e. The Morgan fingerprint density at radius 3 is 2.54 bits per heavy atom. The highest BCUT2D eigenvalue weighted by molar-refractivity contribution is 6.04. The molecule has 0 aliphatic carbocycles. The average molecular weight is 371 g/mol. The zero-order valence-corrected chi connectivity index (χ0v) is 16.0. The number of fused-ring (bicyclic) bond motifs is 1. The molecule has 2 heterocycles. The number of rotatable bonds is 3. The molecule has 4 aromatic rings. The summed E-state index contributed by atoms with van der Waals surface area (Å²) in [6.07, 6.45) is 1.56. The second-order valence-corrected chi connectivity index (χ2v) is 7.71. The zero-order valence-electron chi connectivity index (χ0n) is 16.0. The fraction of sp³-hybridized carbons (Fsp3) is 0.182. The van der Waals surface area contributed by atoms with Gasteiger partial charge in [-0.05, 0) is 47.4 Å². The topological polar surface area (TPSA) is 72.2 Å². The maximum Gasteiger partial charge on any atom is 0.255 e. The van der Waals surface area contributed by atoms with Gasteiger partial charge < -0.3 is 5.32 Å². The highest BCUT2D eigenvalue weighted by atomic mass is 16.1. The van der Waals surface area contributed by atoms with Gasteiger partial charge in [-0.1, -0.05) is 45.0 Å². The van der Waals surface area contributed by atoms with Crippen LogP contribution in [0.4, 0.5) is 5.69 Å². The first-order valence-corrected chi connectivity index (χ1v) is 9.09. The van der Waals surface area contributed by atoms with Crippen molar-refractivity contribution < 1.29 is 4.79 Å². The molecule has 0 unspecified atom stereocenters. The fourth-order valence-corrected chi connectivity index (χ4v) is 2.96. The van der Waals surface area contributed by atoms with Crippen molar-refractivity contribution in [3.63, 3.8) is 0 Å². The summed E-state index contributed by atoms with van der Waals surface area (Å²) in [7, 11) is 0. The van der Waals surface area contributed by atoms with E-state index in [0.717, 1.165) is 11.3 Å². The van der Waals surface area contributed by atoms with Crippen molar-refractivity contribution in [3.8, 4) is 11.3 Å². The lowest BCUT2D eigenvalue weighted by Gasteiger charge is -2.19. The minimum absolute atomic E-state index is 0.0577. The molecule has 140 valence electrons. The van der Waals surface area contributed by atoms with Crippen LogP contribution in [0.1, 0.15) is 36.7 Å². The van der Waals surface area contributed by atoms with Crippen LogP contribution in [0.3, 0.4) is 0 Å². The van der Waals surface area contributed by atoms with Crippen molar-refractivity contribution in [2.75, 3.05) is 5.32 Å². The Morgan fingerprint density at radius 1 is 1.00 bits per heavy atom. The van der Waals surface area contributed by atoms with E-state index >= 15 is 0 Å². The molecule has 0 aliphatic heterocycles. The molecule has 0 atom stereocenters. The molecule has 1 N–H and O–H groups in total. The second kappa shape index (κ2) is 6.88. The smallest absolute Gasteiger partial charge is 0.255 e. The number of amides is 1. The molecule has 0 saturated heterocycles. The van der Waals surface area contributed by atoms with E-state index in [0.29, 0.717) is 16.9 Å². The van der Waals surface area contributed by atoms with E-state index in [9.17, 15) is 4.79 Å². The van der Waals surface area contributed by atoms with Gasteiger partial charge in [-0.2, -0.15) is 9.61 Å². The zero-order chi connectivity index (χ0) is 19.7. The van der Waals surface area contributed by atoms with Crippen molar-refractivity contribution in [2.24, 2.45) is 0 Å². The van der Waals surface area contributed by atoms with Crippen LogP contribution in [0.15, 0.2) is 67.0 Å². The number of carbonyl (C=O) groups excluding carboxylic acids is 1. The third kappa shape index (κ3) is 3.62. The highest BCUT2D eigenvalue weighted by Crippen LogP contribution is 2.24. The molecule has 0 aliphatic rings. The predicted molar refractivity (Wildman–Crippen MR) is 109 cm³/mol. The van der Waals surface area contributed by atoms with Crippen molar-refractivity contribution in [1.82, 2.24) is 19.8 Å². The highest BCUT2D eigenvalue weighted by Gasteiger charge is 2.14. The van der Waals surface area contributed by atoms with Crippen LogP contribution < -0.4 is 5.32 Å². The Balaban J connectivity index is 1.55. The molecule has 4 rings (SSSR count). The summed E-state index contributed by atoms with van der Waals surface area (Å²) in [4.78, 5) is 12.6. The summed E-state index contributed by atoms with van der Waals surface area (Å²) < 4.78 is 1.62. The number of anilines is 1. The minimum atomic E-state index is -0.139. The summed E-state index contributed by atoms with van der Waals surface area (Å²) in [5.41, 5.74) is 4.96. The Labute approximate surface area is 163 Å². The number of nitrogens with zero attached hydrogens (tertiary/aromatic N) is 4. The van der Waals surface area contributed by atoms with Crippen molar-refractivity contribution >= 4 is 17.2 Å². The standard InChI is InChI=1S/C22H21N5O/c1-22(2,3)17-9-7-15(8-10-17)21(28)24-18-6-4-5-16(13-18)19-11-12-20-25-23-14-27(20)26-19/h4-14H,1-3H3,(H,24,28). The van der Waals surface area contributed by atoms with E-state index in [1.165, 1.54) is 5.56 Å². The summed E-state index contributed by atoms with van der Waals surface area (Å²) >= 11 is 0. The molecular formula is C22H21N5O. The SMILES string of the molecule is CC(C)(C)c1ccc(C(=O)Nc2cccc(-c3ccc4nncn4n3)c2)cc1.